The van der Waals surface area contributed by atoms with Gasteiger partial charge in [0.05, 0.1) is 16.8 Å². The standard InChI is InChI=1S/C59H36N2O/c1-2-16-37(17-3-1)38-18-14-19-39(34-38)53-36-54(61-58(60-53)48-26-15-31-56-57(48)47-25-9-13-30-55(47)62-56)40-32-33-46-45-24-8-12-29-51(45)59(52(46)35-40)49-27-10-6-22-43(49)41-20-4-5-21-42(41)44-23-7-11-28-50(44)59/h1-36H. The molecule has 2 aliphatic rings. The summed E-state index contributed by atoms with van der Waals surface area (Å²) >= 11 is 0. The molecule has 2 aliphatic carbocycles. The SMILES string of the molecule is c1ccc(-c2cccc(-c3cc(-c4ccc5c(c4)C4(c6ccccc6-c6ccccc6-c6ccccc64)c4ccccc4-5)nc(-c4cccc5oc6ccccc6c45)n3)c2)cc1. The van der Waals surface area contributed by atoms with Gasteiger partial charge in [0.1, 0.15) is 11.2 Å². The van der Waals surface area contributed by atoms with Crippen molar-refractivity contribution in [2.24, 2.45) is 0 Å². The normalized spacial score (nSPS) is 13.0. The quantitative estimate of drug-likeness (QED) is 0.178. The van der Waals surface area contributed by atoms with Crippen LogP contribution in [0, 0.1) is 0 Å². The van der Waals surface area contributed by atoms with E-state index in [1.54, 1.807) is 0 Å². The van der Waals surface area contributed by atoms with Gasteiger partial charge in [0.2, 0.25) is 0 Å². The average molecular weight is 789 g/mol. The Labute approximate surface area is 359 Å². The highest BCUT2D eigenvalue weighted by Gasteiger charge is 2.49. The second-order valence-electron chi connectivity index (χ2n) is 16.4. The highest BCUT2D eigenvalue weighted by Crippen LogP contribution is 2.61. The summed E-state index contributed by atoms with van der Waals surface area (Å²) in [5.41, 5.74) is 20.6. The van der Waals surface area contributed by atoms with Crippen LogP contribution >= 0.6 is 0 Å². The molecule has 3 heteroatoms. The van der Waals surface area contributed by atoms with Crippen molar-refractivity contribution in [3.05, 3.63) is 241 Å². The largest absolute Gasteiger partial charge is 0.456 e. The fourth-order valence-corrected chi connectivity index (χ4v) is 10.5. The Kier molecular flexibility index (Phi) is 7.52. The fourth-order valence-electron chi connectivity index (χ4n) is 10.5. The van der Waals surface area contributed by atoms with E-state index in [1.165, 1.54) is 55.6 Å². The average Bonchev–Trinajstić information content (AvgIpc) is 3.84. The third-order valence-corrected chi connectivity index (χ3v) is 13.1. The van der Waals surface area contributed by atoms with Crippen LogP contribution in [0.4, 0.5) is 0 Å². The van der Waals surface area contributed by atoms with Gasteiger partial charge in [-0.2, -0.15) is 0 Å². The minimum absolute atomic E-state index is 0.599. The zero-order valence-electron chi connectivity index (χ0n) is 33.6. The molecule has 0 aliphatic heterocycles. The molecule has 288 valence electrons. The molecule has 62 heavy (non-hydrogen) atoms. The summed E-state index contributed by atoms with van der Waals surface area (Å²) in [6, 6.07) is 78.8. The van der Waals surface area contributed by atoms with E-state index in [0.29, 0.717) is 5.82 Å². The minimum atomic E-state index is -0.599. The Morgan fingerprint density at radius 3 is 1.48 bits per heavy atom. The van der Waals surface area contributed by atoms with Crippen molar-refractivity contribution in [1.82, 2.24) is 9.97 Å². The first-order chi connectivity index (χ1) is 30.7. The van der Waals surface area contributed by atoms with Crippen LogP contribution in [0.3, 0.4) is 0 Å². The highest BCUT2D eigenvalue weighted by molar-refractivity contribution is 6.12. The maximum Gasteiger partial charge on any atom is 0.161 e. The summed E-state index contributed by atoms with van der Waals surface area (Å²) < 4.78 is 6.39. The van der Waals surface area contributed by atoms with Crippen molar-refractivity contribution in [1.29, 1.82) is 0 Å². The van der Waals surface area contributed by atoms with Gasteiger partial charge in [-0.3, -0.25) is 0 Å². The van der Waals surface area contributed by atoms with Gasteiger partial charge in [-0.1, -0.05) is 188 Å². The lowest BCUT2D eigenvalue weighted by atomic mass is 9.65. The summed E-state index contributed by atoms with van der Waals surface area (Å²) in [7, 11) is 0. The molecular formula is C59H36N2O. The first kappa shape index (κ1) is 34.7. The summed E-state index contributed by atoms with van der Waals surface area (Å²) in [5, 5.41) is 2.06. The van der Waals surface area contributed by atoms with Crippen LogP contribution in [-0.4, -0.2) is 9.97 Å². The first-order valence-electron chi connectivity index (χ1n) is 21.2. The number of rotatable bonds is 4. The van der Waals surface area contributed by atoms with Crippen LogP contribution < -0.4 is 0 Å². The van der Waals surface area contributed by atoms with E-state index in [0.717, 1.165) is 61.1 Å². The Bertz CT molecular complexity index is 3530. The molecule has 2 heterocycles. The lowest BCUT2D eigenvalue weighted by molar-refractivity contribution is 0.669. The van der Waals surface area contributed by atoms with Crippen LogP contribution in [0.2, 0.25) is 0 Å². The minimum Gasteiger partial charge on any atom is -0.456 e. The summed E-state index contributed by atoms with van der Waals surface area (Å²) in [6.45, 7) is 0. The number of aromatic nitrogens is 2. The number of fused-ring (bicyclic) bond motifs is 15. The van der Waals surface area contributed by atoms with Crippen LogP contribution in [0.5, 0.6) is 0 Å². The highest BCUT2D eigenvalue weighted by atomic mass is 16.3. The third kappa shape index (κ3) is 5.00. The Balaban J connectivity index is 1.09. The topological polar surface area (TPSA) is 38.9 Å². The van der Waals surface area contributed by atoms with Gasteiger partial charge in [0.15, 0.2) is 5.82 Å². The maximum atomic E-state index is 6.39. The Morgan fingerprint density at radius 1 is 0.306 bits per heavy atom. The second-order valence-corrected chi connectivity index (χ2v) is 16.4. The number of benzene rings is 9. The molecule has 0 radical (unpaired) electrons. The number of hydrogen-bond donors (Lipinski definition) is 0. The molecule has 0 atom stereocenters. The van der Waals surface area contributed by atoms with Crippen molar-refractivity contribution in [3.8, 4) is 78.4 Å². The van der Waals surface area contributed by atoms with E-state index >= 15 is 0 Å². The molecule has 1 spiro atoms. The maximum absolute atomic E-state index is 6.39. The number of furan rings is 1. The molecule has 0 fully saturated rings. The van der Waals surface area contributed by atoms with Crippen LogP contribution in [0.15, 0.2) is 223 Å². The van der Waals surface area contributed by atoms with Gasteiger partial charge in [-0.25, -0.2) is 9.97 Å². The van der Waals surface area contributed by atoms with Crippen molar-refractivity contribution >= 4 is 21.9 Å². The predicted molar refractivity (Wildman–Crippen MR) is 253 cm³/mol. The Morgan fingerprint density at radius 2 is 0.790 bits per heavy atom. The molecule has 13 rings (SSSR count). The van der Waals surface area contributed by atoms with Crippen LogP contribution in [0.1, 0.15) is 22.3 Å². The van der Waals surface area contributed by atoms with Crippen molar-refractivity contribution in [3.63, 3.8) is 0 Å². The molecule has 0 N–H and O–H groups in total. The summed E-state index contributed by atoms with van der Waals surface area (Å²) in [5.74, 6) is 0.652. The lowest BCUT2D eigenvalue weighted by Gasteiger charge is -2.35. The van der Waals surface area contributed by atoms with Gasteiger partial charge < -0.3 is 4.42 Å². The molecule has 0 saturated heterocycles. The number of nitrogens with zero attached hydrogens (tertiary/aromatic N) is 2. The molecular weight excluding hydrogens is 753 g/mol. The van der Waals surface area contributed by atoms with Crippen molar-refractivity contribution in [2.75, 3.05) is 0 Å². The molecule has 0 saturated carbocycles. The third-order valence-electron chi connectivity index (χ3n) is 13.1. The van der Waals surface area contributed by atoms with Crippen molar-refractivity contribution < 1.29 is 4.42 Å². The summed E-state index contributed by atoms with van der Waals surface area (Å²) in [6.07, 6.45) is 0. The van der Waals surface area contributed by atoms with Crippen LogP contribution in [0.25, 0.3) is 100 Å². The Hall–Kier alpha value is -8.14. The zero-order valence-corrected chi connectivity index (χ0v) is 33.6. The molecule has 2 aromatic heterocycles. The number of hydrogen-bond acceptors (Lipinski definition) is 3. The van der Waals surface area contributed by atoms with E-state index in [2.05, 4.69) is 194 Å². The lowest BCUT2D eigenvalue weighted by Crippen LogP contribution is -2.29. The van der Waals surface area contributed by atoms with E-state index in [9.17, 15) is 0 Å². The zero-order chi connectivity index (χ0) is 40.8. The molecule has 0 unspecified atom stereocenters. The van der Waals surface area contributed by atoms with E-state index in [-0.39, 0.29) is 0 Å². The van der Waals surface area contributed by atoms with E-state index in [1.807, 2.05) is 24.3 Å². The van der Waals surface area contributed by atoms with Gasteiger partial charge in [-0.15, -0.1) is 0 Å². The molecule has 9 aromatic carbocycles. The molecule has 0 bridgehead atoms. The molecule has 11 aromatic rings. The molecule has 0 amide bonds. The van der Waals surface area contributed by atoms with Gasteiger partial charge >= 0.3 is 0 Å². The van der Waals surface area contributed by atoms with E-state index < -0.39 is 5.41 Å². The smallest absolute Gasteiger partial charge is 0.161 e. The fraction of sp³-hybridized carbons (Fsp3) is 0.0169. The second kappa shape index (κ2) is 13.4. The molecule has 3 nitrogen and oxygen atoms in total. The number of para-hydroxylation sites is 1. The van der Waals surface area contributed by atoms with E-state index in [4.69, 9.17) is 14.4 Å². The monoisotopic (exact) mass is 788 g/mol. The van der Waals surface area contributed by atoms with Gasteiger partial charge in [0.25, 0.3) is 0 Å². The van der Waals surface area contributed by atoms with Crippen molar-refractivity contribution in [2.45, 2.75) is 5.41 Å². The predicted octanol–water partition coefficient (Wildman–Crippen LogP) is 15.1. The first-order valence-corrected chi connectivity index (χ1v) is 21.2. The van der Waals surface area contributed by atoms with Gasteiger partial charge in [0, 0.05) is 27.5 Å². The van der Waals surface area contributed by atoms with Gasteiger partial charge in [-0.05, 0) is 97.1 Å². The summed E-state index contributed by atoms with van der Waals surface area (Å²) in [4.78, 5) is 10.9. The van der Waals surface area contributed by atoms with Crippen LogP contribution in [-0.2, 0) is 5.41 Å².